The van der Waals surface area contributed by atoms with E-state index in [1.54, 1.807) is 12.3 Å². The number of carbonyl (C=O) groups excluding carboxylic acids is 1. The monoisotopic (exact) mass is 326 g/mol. The number of carbonyl (C=O) groups is 1. The van der Waals surface area contributed by atoms with Gasteiger partial charge in [0, 0.05) is 37.9 Å². The SMILES string of the molecule is O=C(C1CNNC1c1cccc(F)c1)N1CC(c2cccnc2)C1. The lowest BCUT2D eigenvalue weighted by atomic mass is 9.88. The fourth-order valence-electron chi connectivity index (χ4n) is 3.46. The molecule has 5 nitrogen and oxygen atoms in total. The van der Waals surface area contributed by atoms with Gasteiger partial charge in [0.25, 0.3) is 0 Å². The Kier molecular flexibility index (Phi) is 4.00. The summed E-state index contributed by atoms with van der Waals surface area (Å²) >= 11 is 0. The van der Waals surface area contributed by atoms with Crippen LogP contribution in [-0.4, -0.2) is 35.4 Å². The molecule has 0 radical (unpaired) electrons. The molecule has 2 aromatic rings. The normalized spacial score (nSPS) is 24.0. The molecule has 1 aromatic heterocycles. The van der Waals surface area contributed by atoms with Gasteiger partial charge in [-0.1, -0.05) is 18.2 Å². The van der Waals surface area contributed by atoms with Crippen molar-refractivity contribution in [1.82, 2.24) is 20.7 Å². The van der Waals surface area contributed by atoms with Crippen LogP contribution >= 0.6 is 0 Å². The average molecular weight is 326 g/mol. The molecular weight excluding hydrogens is 307 g/mol. The summed E-state index contributed by atoms with van der Waals surface area (Å²) in [6, 6.07) is 10.2. The molecule has 2 unspecified atom stereocenters. The van der Waals surface area contributed by atoms with Crippen LogP contribution in [0.3, 0.4) is 0 Å². The number of benzene rings is 1. The Morgan fingerprint density at radius 1 is 1.21 bits per heavy atom. The summed E-state index contributed by atoms with van der Waals surface area (Å²) in [6.07, 6.45) is 3.62. The second-order valence-corrected chi connectivity index (χ2v) is 6.39. The van der Waals surface area contributed by atoms with Crippen molar-refractivity contribution in [3.05, 3.63) is 65.7 Å². The fourth-order valence-corrected chi connectivity index (χ4v) is 3.46. The Morgan fingerprint density at radius 2 is 2.04 bits per heavy atom. The van der Waals surface area contributed by atoms with E-state index in [1.165, 1.54) is 17.7 Å². The molecule has 24 heavy (non-hydrogen) atoms. The number of hydrogen-bond acceptors (Lipinski definition) is 4. The average Bonchev–Trinajstić information content (AvgIpc) is 3.04. The quantitative estimate of drug-likeness (QED) is 0.900. The van der Waals surface area contributed by atoms with Crippen molar-refractivity contribution < 1.29 is 9.18 Å². The van der Waals surface area contributed by atoms with Crippen molar-refractivity contribution in [3.63, 3.8) is 0 Å². The number of hydrazine groups is 1. The molecule has 1 amide bonds. The number of amides is 1. The van der Waals surface area contributed by atoms with Gasteiger partial charge in [0.05, 0.1) is 12.0 Å². The van der Waals surface area contributed by atoms with Crippen LogP contribution in [0.1, 0.15) is 23.1 Å². The van der Waals surface area contributed by atoms with E-state index in [1.807, 2.05) is 29.3 Å². The van der Waals surface area contributed by atoms with Crippen molar-refractivity contribution in [2.45, 2.75) is 12.0 Å². The summed E-state index contributed by atoms with van der Waals surface area (Å²) in [5.74, 6) is -0.0332. The highest BCUT2D eigenvalue weighted by atomic mass is 19.1. The number of hydrogen-bond donors (Lipinski definition) is 2. The highest BCUT2D eigenvalue weighted by molar-refractivity contribution is 5.81. The number of likely N-dealkylation sites (tertiary alicyclic amines) is 1. The van der Waals surface area contributed by atoms with Crippen LogP contribution in [0.15, 0.2) is 48.8 Å². The Labute approximate surface area is 139 Å². The van der Waals surface area contributed by atoms with Crippen molar-refractivity contribution in [1.29, 1.82) is 0 Å². The Bertz CT molecular complexity index is 733. The zero-order chi connectivity index (χ0) is 16.5. The van der Waals surface area contributed by atoms with Crippen LogP contribution in [0.2, 0.25) is 0 Å². The maximum Gasteiger partial charge on any atom is 0.229 e. The molecule has 2 saturated heterocycles. The number of pyridine rings is 1. The molecule has 2 N–H and O–H groups in total. The predicted molar refractivity (Wildman–Crippen MR) is 87.3 cm³/mol. The van der Waals surface area contributed by atoms with Gasteiger partial charge in [-0.25, -0.2) is 9.82 Å². The van der Waals surface area contributed by atoms with Gasteiger partial charge in [-0.05, 0) is 29.3 Å². The first-order valence-corrected chi connectivity index (χ1v) is 8.15. The largest absolute Gasteiger partial charge is 0.341 e. The molecule has 2 aliphatic rings. The van der Waals surface area contributed by atoms with Crippen LogP contribution in [0.4, 0.5) is 4.39 Å². The van der Waals surface area contributed by atoms with Crippen LogP contribution in [0, 0.1) is 11.7 Å². The van der Waals surface area contributed by atoms with Crippen molar-refractivity contribution >= 4 is 5.91 Å². The maximum atomic E-state index is 13.5. The highest BCUT2D eigenvalue weighted by Gasteiger charge is 2.41. The molecule has 3 heterocycles. The van der Waals surface area contributed by atoms with Crippen LogP contribution in [0.25, 0.3) is 0 Å². The Hall–Kier alpha value is -2.31. The van der Waals surface area contributed by atoms with E-state index in [9.17, 15) is 9.18 Å². The van der Waals surface area contributed by atoms with E-state index < -0.39 is 0 Å². The molecular formula is C18H19FN4O. The first-order chi connectivity index (χ1) is 11.7. The molecule has 0 aliphatic carbocycles. The predicted octanol–water partition coefficient (Wildman–Crippen LogP) is 1.61. The third-order valence-corrected chi connectivity index (χ3v) is 4.86. The van der Waals surface area contributed by atoms with Crippen molar-refractivity contribution in [2.75, 3.05) is 19.6 Å². The molecule has 2 atom stereocenters. The Balaban J connectivity index is 1.43. The highest BCUT2D eigenvalue weighted by Crippen LogP contribution is 2.32. The number of halogens is 1. The van der Waals surface area contributed by atoms with E-state index in [-0.39, 0.29) is 23.7 Å². The minimum atomic E-state index is -0.284. The zero-order valence-electron chi connectivity index (χ0n) is 13.2. The van der Waals surface area contributed by atoms with Gasteiger partial charge in [-0.3, -0.25) is 15.2 Å². The number of nitrogens with zero attached hydrogens (tertiary/aromatic N) is 2. The minimum absolute atomic E-state index is 0.113. The van der Waals surface area contributed by atoms with Gasteiger partial charge in [0.1, 0.15) is 5.82 Å². The summed E-state index contributed by atoms with van der Waals surface area (Å²) in [4.78, 5) is 18.8. The second kappa shape index (κ2) is 6.30. The lowest BCUT2D eigenvalue weighted by molar-refractivity contribution is -0.140. The maximum absolute atomic E-state index is 13.5. The van der Waals surface area contributed by atoms with Crippen LogP contribution in [0.5, 0.6) is 0 Å². The molecule has 6 heteroatoms. The summed E-state index contributed by atoms with van der Waals surface area (Å²) in [5.41, 5.74) is 8.11. The van der Waals surface area contributed by atoms with Crippen LogP contribution < -0.4 is 10.9 Å². The molecule has 4 rings (SSSR count). The number of rotatable bonds is 3. The standard InChI is InChI=1S/C18H19FN4O/c19-15-5-1-3-12(7-15)17-16(9-21-22-17)18(24)23-10-14(11-23)13-4-2-6-20-8-13/h1-8,14,16-17,21-22H,9-11H2. The zero-order valence-corrected chi connectivity index (χ0v) is 13.2. The van der Waals surface area contributed by atoms with Crippen molar-refractivity contribution in [3.8, 4) is 0 Å². The number of aromatic nitrogens is 1. The minimum Gasteiger partial charge on any atom is -0.341 e. The summed E-state index contributed by atoms with van der Waals surface area (Å²) in [5, 5.41) is 0. The molecule has 2 aliphatic heterocycles. The van der Waals surface area contributed by atoms with Gasteiger partial charge in [0.2, 0.25) is 5.91 Å². The lowest BCUT2D eigenvalue weighted by Gasteiger charge is -2.41. The third-order valence-electron chi connectivity index (χ3n) is 4.86. The van der Waals surface area contributed by atoms with E-state index in [4.69, 9.17) is 0 Å². The lowest BCUT2D eigenvalue weighted by Crippen LogP contribution is -2.51. The van der Waals surface area contributed by atoms with E-state index in [2.05, 4.69) is 15.8 Å². The molecule has 124 valence electrons. The molecule has 1 aromatic carbocycles. The van der Waals surface area contributed by atoms with E-state index in [0.717, 1.165) is 18.7 Å². The first-order valence-electron chi connectivity index (χ1n) is 8.15. The van der Waals surface area contributed by atoms with E-state index in [0.29, 0.717) is 12.5 Å². The van der Waals surface area contributed by atoms with E-state index >= 15 is 0 Å². The van der Waals surface area contributed by atoms with Gasteiger partial charge in [-0.15, -0.1) is 0 Å². The number of nitrogens with one attached hydrogen (secondary N) is 2. The van der Waals surface area contributed by atoms with Gasteiger partial charge >= 0.3 is 0 Å². The summed E-state index contributed by atoms with van der Waals surface area (Å²) in [6.45, 7) is 1.99. The third kappa shape index (κ3) is 2.79. The molecule has 0 spiro atoms. The first kappa shape index (κ1) is 15.2. The van der Waals surface area contributed by atoms with Crippen molar-refractivity contribution in [2.24, 2.45) is 5.92 Å². The summed E-state index contributed by atoms with van der Waals surface area (Å²) < 4.78 is 13.5. The van der Waals surface area contributed by atoms with Gasteiger partial charge in [0.15, 0.2) is 0 Å². The fraction of sp³-hybridized carbons (Fsp3) is 0.333. The second-order valence-electron chi connectivity index (χ2n) is 6.39. The van der Waals surface area contributed by atoms with Crippen LogP contribution in [-0.2, 0) is 4.79 Å². The molecule has 0 saturated carbocycles. The Morgan fingerprint density at radius 3 is 2.79 bits per heavy atom. The summed E-state index contributed by atoms with van der Waals surface area (Å²) in [7, 11) is 0. The topological polar surface area (TPSA) is 57.3 Å². The smallest absolute Gasteiger partial charge is 0.229 e. The van der Waals surface area contributed by atoms with Gasteiger partial charge in [-0.2, -0.15) is 0 Å². The molecule has 2 fully saturated rings. The van der Waals surface area contributed by atoms with Gasteiger partial charge < -0.3 is 4.90 Å². The molecule has 0 bridgehead atoms.